The second-order valence-electron chi connectivity index (χ2n) is 7.89. The summed E-state index contributed by atoms with van der Waals surface area (Å²) < 4.78 is 17.0. The van der Waals surface area contributed by atoms with Crippen LogP contribution in [0.2, 0.25) is 0 Å². The van der Waals surface area contributed by atoms with Crippen LogP contribution in [0, 0.1) is 11.3 Å². The molecule has 2 saturated carbocycles. The predicted molar refractivity (Wildman–Crippen MR) is 91.7 cm³/mol. The van der Waals surface area contributed by atoms with Gasteiger partial charge >= 0.3 is 0 Å². The van der Waals surface area contributed by atoms with E-state index in [1.807, 2.05) is 0 Å². The fraction of sp³-hybridized carbons (Fsp3) is 1.00. The van der Waals surface area contributed by atoms with Gasteiger partial charge in [-0.1, -0.05) is 0 Å². The zero-order valence-corrected chi connectivity index (χ0v) is 15.1. The average Bonchev–Trinajstić information content (AvgIpc) is 2.42. The molecule has 0 amide bonds. The van der Waals surface area contributed by atoms with Gasteiger partial charge in [0, 0.05) is 51.5 Å². The molecule has 3 rings (SSSR count). The molecule has 1 spiro atoms. The highest BCUT2D eigenvalue weighted by atomic mass is 16.5. The smallest absolute Gasteiger partial charge is 0.0587 e. The monoisotopic (exact) mass is 325 g/mol. The van der Waals surface area contributed by atoms with Gasteiger partial charge in [0.25, 0.3) is 0 Å². The van der Waals surface area contributed by atoms with Crippen molar-refractivity contribution in [2.75, 3.05) is 46.1 Å². The van der Waals surface area contributed by atoms with E-state index in [1.165, 1.54) is 45.3 Å². The van der Waals surface area contributed by atoms with E-state index in [0.717, 1.165) is 45.2 Å². The Hall–Kier alpha value is -0.160. The third-order valence-electron chi connectivity index (χ3n) is 5.79. The first-order valence-corrected chi connectivity index (χ1v) is 9.76. The van der Waals surface area contributed by atoms with E-state index in [4.69, 9.17) is 14.2 Å². The molecule has 1 heterocycles. The van der Waals surface area contributed by atoms with Gasteiger partial charge in [0.2, 0.25) is 0 Å². The number of ether oxygens (including phenoxy) is 3. The lowest BCUT2D eigenvalue weighted by atomic mass is 9.61. The lowest BCUT2D eigenvalue weighted by Gasteiger charge is -2.60. The van der Waals surface area contributed by atoms with Gasteiger partial charge in [0.05, 0.1) is 12.2 Å². The number of nitrogens with zero attached hydrogens (tertiary/aromatic N) is 1. The summed E-state index contributed by atoms with van der Waals surface area (Å²) in [7, 11) is 0. The molecule has 0 N–H and O–H groups in total. The van der Waals surface area contributed by atoms with Crippen LogP contribution in [0.4, 0.5) is 0 Å². The van der Waals surface area contributed by atoms with Gasteiger partial charge in [0.15, 0.2) is 0 Å². The van der Waals surface area contributed by atoms with E-state index in [-0.39, 0.29) is 0 Å². The maximum Gasteiger partial charge on any atom is 0.0587 e. The van der Waals surface area contributed by atoms with E-state index in [1.54, 1.807) is 0 Å². The van der Waals surface area contributed by atoms with Crippen molar-refractivity contribution >= 4 is 0 Å². The number of hydrogen-bond acceptors (Lipinski definition) is 4. The minimum atomic E-state index is 0.537. The third kappa shape index (κ3) is 4.68. The van der Waals surface area contributed by atoms with E-state index < -0.39 is 0 Å². The zero-order chi connectivity index (χ0) is 16.1. The summed E-state index contributed by atoms with van der Waals surface area (Å²) in [5, 5.41) is 0. The minimum Gasteiger partial charge on any atom is -0.382 e. The molecular weight excluding hydrogens is 290 g/mol. The molecular formula is C19H35NO3. The van der Waals surface area contributed by atoms with Crippen LogP contribution >= 0.6 is 0 Å². The molecule has 0 aromatic rings. The normalized spacial score (nSPS) is 30.0. The van der Waals surface area contributed by atoms with Crippen molar-refractivity contribution < 1.29 is 14.2 Å². The first-order valence-electron chi connectivity index (χ1n) is 9.76. The quantitative estimate of drug-likeness (QED) is 0.546. The summed E-state index contributed by atoms with van der Waals surface area (Å²) in [4.78, 5) is 2.66. The van der Waals surface area contributed by atoms with Gasteiger partial charge in [-0.25, -0.2) is 0 Å². The molecule has 1 saturated heterocycles. The Labute approximate surface area is 141 Å². The van der Waals surface area contributed by atoms with E-state index in [9.17, 15) is 0 Å². The summed E-state index contributed by atoms with van der Waals surface area (Å²) in [6.45, 7) is 11.6. The van der Waals surface area contributed by atoms with Crippen LogP contribution in [0.5, 0.6) is 0 Å². The maximum atomic E-state index is 5.99. The molecule has 4 nitrogen and oxygen atoms in total. The Kier molecular flexibility index (Phi) is 6.36. The highest BCUT2D eigenvalue weighted by Crippen LogP contribution is 2.50. The van der Waals surface area contributed by atoms with Crippen molar-refractivity contribution in [1.29, 1.82) is 0 Å². The van der Waals surface area contributed by atoms with Crippen molar-refractivity contribution in [3.05, 3.63) is 0 Å². The Bertz CT molecular complexity index is 343. The largest absolute Gasteiger partial charge is 0.382 e. The van der Waals surface area contributed by atoms with Gasteiger partial charge in [0.1, 0.15) is 0 Å². The summed E-state index contributed by atoms with van der Waals surface area (Å²) in [5.74, 6) is 0.890. The van der Waals surface area contributed by atoms with Crippen molar-refractivity contribution in [2.45, 2.75) is 64.6 Å². The molecule has 4 heteroatoms. The molecule has 23 heavy (non-hydrogen) atoms. The molecule has 1 aliphatic heterocycles. The van der Waals surface area contributed by atoms with Gasteiger partial charge in [-0.05, 0) is 58.3 Å². The summed E-state index contributed by atoms with van der Waals surface area (Å²) in [6, 6.07) is 0. The summed E-state index contributed by atoms with van der Waals surface area (Å²) >= 11 is 0. The van der Waals surface area contributed by atoms with Crippen molar-refractivity contribution in [3.63, 3.8) is 0 Å². The topological polar surface area (TPSA) is 30.9 Å². The Morgan fingerprint density at radius 3 is 2.35 bits per heavy atom. The van der Waals surface area contributed by atoms with E-state index in [0.29, 0.717) is 17.6 Å². The standard InChI is InChI=1S/C19H35NO3/c1-3-21-7-5-6-8-23-18-11-19(12-18)14-20(15-19)13-16-9-17(10-16)22-4-2/h16-18H,3-15H2,1-2H3. The van der Waals surface area contributed by atoms with Crippen LogP contribution in [-0.4, -0.2) is 63.2 Å². The van der Waals surface area contributed by atoms with Crippen LogP contribution in [0.15, 0.2) is 0 Å². The Morgan fingerprint density at radius 1 is 0.913 bits per heavy atom. The SMILES string of the molecule is CCOCCCCOC1CC2(C1)CN(CC1CC(OCC)C1)C2. The molecule has 2 aliphatic carbocycles. The molecule has 0 bridgehead atoms. The molecule has 3 fully saturated rings. The molecule has 3 aliphatic rings. The number of likely N-dealkylation sites (tertiary alicyclic amines) is 1. The molecule has 0 aromatic heterocycles. The van der Waals surface area contributed by atoms with Gasteiger partial charge in [-0.15, -0.1) is 0 Å². The first-order chi connectivity index (χ1) is 11.2. The highest BCUT2D eigenvalue weighted by Gasteiger charge is 2.53. The maximum absolute atomic E-state index is 5.99. The molecule has 0 unspecified atom stereocenters. The highest BCUT2D eigenvalue weighted by molar-refractivity contribution is 5.05. The van der Waals surface area contributed by atoms with Gasteiger partial charge in [-0.3, -0.25) is 0 Å². The van der Waals surface area contributed by atoms with Gasteiger partial charge in [-0.2, -0.15) is 0 Å². The van der Waals surface area contributed by atoms with Crippen LogP contribution in [0.25, 0.3) is 0 Å². The summed E-state index contributed by atoms with van der Waals surface area (Å²) in [5.41, 5.74) is 0.624. The lowest BCUT2D eigenvalue weighted by molar-refractivity contribution is -0.159. The van der Waals surface area contributed by atoms with E-state index in [2.05, 4.69) is 18.7 Å². The van der Waals surface area contributed by atoms with E-state index >= 15 is 0 Å². The number of rotatable bonds is 11. The second kappa shape index (κ2) is 8.28. The van der Waals surface area contributed by atoms with Crippen molar-refractivity contribution in [1.82, 2.24) is 4.90 Å². The van der Waals surface area contributed by atoms with Crippen LogP contribution < -0.4 is 0 Å². The fourth-order valence-corrected chi connectivity index (χ4v) is 4.57. The number of hydrogen-bond donors (Lipinski definition) is 0. The number of unbranched alkanes of at least 4 members (excludes halogenated alkanes) is 1. The molecule has 0 aromatic carbocycles. The Morgan fingerprint density at radius 2 is 1.65 bits per heavy atom. The molecule has 134 valence electrons. The van der Waals surface area contributed by atoms with Crippen LogP contribution in [-0.2, 0) is 14.2 Å². The predicted octanol–water partition coefficient (Wildman–Crippen LogP) is 3.10. The Balaban J connectivity index is 1.17. The zero-order valence-electron chi connectivity index (χ0n) is 15.1. The van der Waals surface area contributed by atoms with Crippen molar-refractivity contribution in [3.8, 4) is 0 Å². The molecule has 0 atom stereocenters. The van der Waals surface area contributed by atoms with Gasteiger partial charge < -0.3 is 19.1 Å². The average molecular weight is 325 g/mol. The third-order valence-corrected chi connectivity index (χ3v) is 5.79. The van der Waals surface area contributed by atoms with Crippen molar-refractivity contribution in [2.24, 2.45) is 11.3 Å². The minimum absolute atomic E-state index is 0.537. The fourth-order valence-electron chi connectivity index (χ4n) is 4.57. The molecule has 0 radical (unpaired) electrons. The van der Waals surface area contributed by atoms with Crippen LogP contribution in [0.1, 0.15) is 52.4 Å². The van der Waals surface area contributed by atoms with Crippen LogP contribution in [0.3, 0.4) is 0 Å². The second-order valence-corrected chi connectivity index (χ2v) is 7.89. The summed E-state index contributed by atoms with van der Waals surface area (Å²) in [6.07, 6.45) is 8.51. The lowest BCUT2D eigenvalue weighted by Crippen LogP contribution is -2.65. The first kappa shape index (κ1) is 17.7.